The monoisotopic (exact) mass is 324 g/mol. The highest BCUT2D eigenvalue weighted by Crippen LogP contribution is 2.20. The molecular formula is C11H20N2O7S. The fourth-order valence-corrected chi connectivity index (χ4v) is 3.46. The van der Waals surface area contributed by atoms with Crippen LogP contribution >= 0.6 is 0 Å². The van der Waals surface area contributed by atoms with Gasteiger partial charge in [-0.1, -0.05) is 0 Å². The summed E-state index contributed by atoms with van der Waals surface area (Å²) in [5.74, 6) is -2.50. The average molecular weight is 324 g/mol. The van der Waals surface area contributed by atoms with Crippen LogP contribution in [0.4, 0.5) is 0 Å². The number of hydrogen-bond acceptors (Lipinski definition) is 6. The lowest BCUT2D eigenvalue weighted by Gasteiger charge is -2.31. The van der Waals surface area contributed by atoms with Gasteiger partial charge in [-0.3, -0.25) is 9.59 Å². The van der Waals surface area contributed by atoms with Gasteiger partial charge in [0.1, 0.15) is 6.04 Å². The lowest BCUT2D eigenvalue weighted by atomic mass is 10.0. The summed E-state index contributed by atoms with van der Waals surface area (Å²) < 4.78 is 31.9. The number of carboxylic acids is 1. The predicted octanol–water partition coefficient (Wildman–Crippen LogP) is -1.46. The van der Waals surface area contributed by atoms with E-state index in [9.17, 15) is 18.0 Å². The highest BCUT2D eigenvalue weighted by atomic mass is 32.2. The number of piperidine rings is 1. The fraction of sp³-hybridized carbons (Fsp3) is 0.818. The van der Waals surface area contributed by atoms with Gasteiger partial charge in [-0.15, -0.1) is 0 Å². The van der Waals surface area contributed by atoms with Crippen molar-refractivity contribution in [2.24, 2.45) is 5.92 Å². The molecule has 0 aromatic heterocycles. The van der Waals surface area contributed by atoms with Crippen molar-refractivity contribution in [2.75, 3.05) is 26.3 Å². The normalized spacial score (nSPS) is 21.7. The lowest BCUT2D eigenvalue weighted by Crippen LogP contribution is -2.53. The van der Waals surface area contributed by atoms with Gasteiger partial charge in [0.25, 0.3) is 10.2 Å². The van der Waals surface area contributed by atoms with E-state index >= 15 is 0 Å². The number of carbonyl (C=O) groups excluding carboxylic acids is 1. The molecule has 1 aliphatic heterocycles. The van der Waals surface area contributed by atoms with Gasteiger partial charge in [0.2, 0.25) is 0 Å². The SMILES string of the molecule is CCOC(=O)C1CCCN(S(=O)(=O)N[C@@H](CO)C(=O)O)C1. The molecule has 10 heteroatoms. The molecule has 0 saturated carbocycles. The molecule has 0 aromatic carbocycles. The van der Waals surface area contributed by atoms with Crippen molar-refractivity contribution in [3.63, 3.8) is 0 Å². The van der Waals surface area contributed by atoms with Crippen molar-refractivity contribution >= 4 is 22.1 Å². The average Bonchev–Trinajstić information content (AvgIpc) is 2.45. The fourth-order valence-electron chi connectivity index (χ4n) is 2.03. The minimum absolute atomic E-state index is 0.0636. The number of esters is 1. The molecule has 0 radical (unpaired) electrons. The second-order valence-electron chi connectivity index (χ2n) is 4.65. The molecule has 0 aromatic rings. The summed E-state index contributed by atoms with van der Waals surface area (Å²) in [5, 5.41) is 17.6. The number of aliphatic carboxylic acids is 1. The Labute approximate surface area is 123 Å². The van der Waals surface area contributed by atoms with Crippen molar-refractivity contribution < 1.29 is 33.0 Å². The summed E-state index contributed by atoms with van der Waals surface area (Å²) in [5.41, 5.74) is 0. The molecule has 0 aliphatic carbocycles. The quantitative estimate of drug-likeness (QED) is 0.487. The third kappa shape index (κ3) is 4.92. The van der Waals surface area contributed by atoms with Crippen LogP contribution in [-0.4, -0.2) is 67.2 Å². The summed E-state index contributed by atoms with van der Waals surface area (Å²) in [4.78, 5) is 22.4. The number of carbonyl (C=O) groups is 2. The molecule has 1 aliphatic rings. The second-order valence-corrected chi connectivity index (χ2v) is 6.35. The van der Waals surface area contributed by atoms with Crippen LogP contribution in [0.15, 0.2) is 0 Å². The Kier molecular flexibility index (Phi) is 6.52. The van der Waals surface area contributed by atoms with E-state index in [2.05, 4.69) is 0 Å². The zero-order valence-electron chi connectivity index (χ0n) is 11.7. The van der Waals surface area contributed by atoms with Crippen LogP contribution in [0.1, 0.15) is 19.8 Å². The van der Waals surface area contributed by atoms with E-state index in [0.717, 1.165) is 4.31 Å². The number of aliphatic hydroxyl groups excluding tert-OH is 1. The standard InChI is InChI=1S/C11H20N2O7S/c1-2-20-11(17)8-4-3-5-13(6-8)21(18,19)12-9(7-14)10(15)16/h8-9,12,14H,2-7H2,1H3,(H,15,16)/t8?,9-/m0/s1. The summed E-state index contributed by atoms with van der Waals surface area (Å²) >= 11 is 0. The Balaban J connectivity index is 2.74. The van der Waals surface area contributed by atoms with Crippen LogP contribution in [0.25, 0.3) is 0 Å². The van der Waals surface area contributed by atoms with E-state index in [1.54, 1.807) is 6.92 Å². The maximum atomic E-state index is 12.1. The van der Waals surface area contributed by atoms with E-state index in [1.165, 1.54) is 0 Å². The summed E-state index contributed by atoms with van der Waals surface area (Å²) in [6.45, 7) is 1.14. The molecule has 0 spiro atoms. The van der Waals surface area contributed by atoms with Crippen molar-refractivity contribution in [1.82, 2.24) is 9.03 Å². The number of carboxylic acid groups (broad SMARTS) is 1. The van der Waals surface area contributed by atoms with Crippen molar-refractivity contribution in [3.05, 3.63) is 0 Å². The Morgan fingerprint density at radius 1 is 1.48 bits per heavy atom. The first kappa shape index (κ1) is 17.8. The number of nitrogens with zero attached hydrogens (tertiary/aromatic N) is 1. The van der Waals surface area contributed by atoms with Gasteiger partial charge in [-0.2, -0.15) is 17.4 Å². The first-order valence-corrected chi connectivity index (χ1v) is 8.03. The molecule has 122 valence electrons. The highest BCUT2D eigenvalue weighted by molar-refractivity contribution is 7.87. The first-order valence-electron chi connectivity index (χ1n) is 6.59. The van der Waals surface area contributed by atoms with Crippen LogP contribution in [0.2, 0.25) is 0 Å². The van der Waals surface area contributed by atoms with Crippen LogP contribution in [-0.2, 0) is 24.5 Å². The summed E-state index contributed by atoms with van der Waals surface area (Å²) in [7, 11) is -4.09. The largest absolute Gasteiger partial charge is 0.480 e. The molecule has 1 saturated heterocycles. The number of hydrogen-bond donors (Lipinski definition) is 3. The molecule has 0 amide bonds. The van der Waals surface area contributed by atoms with Crippen LogP contribution < -0.4 is 4.72 Å². The Morgan fingerprint density at radius 2 is 2.14 bits per heavy atom. The highest BCUT2D eigenvalue weighted by Gasteiger charge is 2.35. The molecule has 1 fully saturated rings. The van der Waals surface area contributed by atoms with Gasteiger partial charge in [0.15, 0.2) is 0 Å². The number of aliphatic hydroxyl groups is 1. The third-order valence-electron chi connectivity index (χ3n) is 3.12. The maximum Gasteiger partial charge on any atom is 0.324 e. The second kappa shape index (κ2) is 7.69. The van der Waals surface area contributed by atoms with E-state index in [-0.39, 0.29) is 19.7 Å². The van der Waals surface area contributed by atoms with Gasteiger partial charge in [0, 0.05) is 13.1 Å². The minimum atomic E-state index is -4.09. The molecule has 9 nitrogen and oxygen atoms in total. The first-order chi connectivity index (χ1) is 9.81. The van der Waals surface area contributed by atoms with Gasteiger partial charge >= 0.3 is 11.9 Å². The van der Waals surface area contributed by atoms with E-state index in [4.69, 9.17) is 14.9 Å². The van der Waals surface area contributed by atoms with E-state index in [1.807, 2.05) is 4.72 Å². The third-order valence-corrected chi connectivity index (χ3v) is 4.71. The smallest absolute Gasteiger partial charge is 0.324 e. The van der Waals surface area contributed by atoms with Crippen molar-refractivity contribution in [3.8, 4) is 0 Å². The number of ether oxygens (including phenoxy) is 1. The zero-order chi connectivity index (χ0) is 16.0. The van der Waals surface area contributed by atoms with Gasteiger partial charge < -0.3 is 14.9 Å². The van der Waals surface area contributed by atoms with Crippen LogP contribution in [0, 0.1) is 5.92 Å². The maximum absolute atomic E-state index is 12.1. The topological polar surface area (TPSA) is 133 Å². The lowest BCUT2D eigenvalue weighted by molar-refractivity contribution is -0.149. The minimum Gasteiger partial charge on any atom is -0.480 e. The molecule has 21 heavy (non-hydrogen) atoms. The van der Waals surface area contributed by atoms with E-state index in [0.29, 0.717) is 12.8 Å². The summed E-state index contributed by atoms with van der Waals surface area (Å²) in [6, 6.07) is -1.61. The number of nitrogens with one attached hydrogen (secondary N) is 1. The molecule has 1 heterocycles. The molecular weight excluding hydrogens is 304 g/mol. The zero-order valence-corrected chi connectivity index (χ0v) is 12.5. The predicted molar refractivity (Wildman–Crippen MR) is 71.5 cm³/mol. The van der Waals surface area contributed by atoms with Crippen molar-refractivity contribution in [2.45, 2.75) is 25.8 Å². The van der Waals surface area contributed by atoms with Gasteiger partial charge in [-0.25, -0.2) is 0 Å². The summed E-state index contributed by atoms with van der Waals surface area (Å²) in [6.07, 6.45) is 0.995. The van der Waals surface area contributed by atoms with E-state index < -0.39 is 40.7 Å². The molecule has 0 bridgehead atoms. The molecule has 1 unspecified atom stereocenters. The Hall–Kier alpha value is -1.23. The van der Waals surface area contributed by atoms with Gasteiger partial charge in [-0.05, 0) is 19.8 Å². The van der Waals surface area contributed by atoms with Crippen molar-refractivity contribution in [1.29, 1.82) is 0 Å². The molecule has 3 N–H and O–H groups in total. The molecule has 2 atom stereocenters. The Bertz CT molecular complexity index is 479. The van der Waals surface area contributed by atoms with Gasteiger partial charge in [0.05, 0.1) is 19.1 Å². The number of rotatable bonds is 7. The van der Waals surface area contributed by atoms with Crippen LogP contribution in [0.3, 0.4) is 0 Å². The Morgan fingerprint density at radius 3 is 2.67 bits per heavy atom. The molecule has 1 rings (SSSR count). The van der Waals surface area contributed by atoms with Crippen LogP contribution in [0.5, 0.6) is 0 Å².